The van der Waals surface area contributed by atoms with Crippen molar-refractivity contribution in [2.24, 2.45) is 11.1 Å². The van der Waals surface area contributed by atoms with Crippen molar-refractivity contribution in [1.82, 2.24) is 0 Å². The fraction of sp³-hybridized carbons (Fsp3) is 0.600. The van der Waals surface area contributed by atoms with Gasteiger partial charge in [-0.25, -0.2) is 0 Å². The van der Waals surface area contributed by atoms with E-state index in [0.29, 0.717) is 12.5 Å². The average molecular weight is 246 g/mol. The van der Waals surface area contributed by atoms with Gasteiger partial charge in [-0.2, -0.15) is 0 Å². The normalized spacial score (nSPS) is 30.2. The quantitative estimate of drug-likeness (QED) is 0.849. The maximum Gasteiger partial charge on any atom is 0.0505 e. The Kier molecular flexibility index (Phi) is 2.83. The SMILES string of the molecule is CN1CCCc2cc(C3CC3(CN)CO)ccc21. The Morgan fingerprint density at radius 1 is 1.50 bits per heavy atom. The van der Waals surface area contributed by atoms with Crippen molar-refractivity contribution in [3.8, 4) is 0 Å². The van der Waals surface area contributed by atoms with Crippen LogP contribution in [0.2, 0.25) is 0 Å². The Bertz CT molecular complexity index is 454. The summed E-state index contributed by atoms with van der Waals surface area (Å²) in [6, 6.07) is 6.79. The van der Waals surface area contributed by atoms with Crippen LogP contribution in [0.15, 0.2) is 18.2 Å². The molecule has 18 heavy (non-hydrogen) atoms. The van der Waals surface area contributed by atoms with Crippen molar-refractivity contribution in [3.63, 3.8) is 0 Å². The first-order valence-electron chi connectivity index (χ1n) is 6.85. The second kappa shape index (κ2) is 4.25. The zero-order valence-corrected chi connectivity index (χ0v) is 11.0. The molecule has 1 aromatic rings. The molecule has 3 heteroatoms. The summed E-state index contributed by atoms with van der Waals surface area (Å²) in [6.07, 6.45) is 3.45. The first kappa shape index (κ1) is 12.0. The molecular weight excluding hydrogens is 224 g/mol. The molecule has 2 aliphatic rings. The van der Waals surface area contributed by atoms with Crippen LogP contribution in [-0.2, 0) is 6.42 Å². The lowest BCUT2D eigenvalue weighted by atomic mass is 9.94. The Hall–Kier alpha value is -1.06. The molecule has 1 aliphatic heterocycles. The van der Waals surface area contributed by atoms with Gasteiger partial charge in [-0.15, -0.1) is 0 Å². The Morgan fingerprint density at radius 2 is 2.33 bits per heavy atom. The van der Waals surface area contributed by atoms with Gasteiger partial charge in [-0.05, 0) is 42.4 Å². The number of hydrogen-bond donors (Lipinski definition) is 2. The Labute approximate surface area is 109 Å². The van der Waals surface area contributed by atoms with Crippen molar-refractivity contribution < 1.29 is 5.11 Å². The van der Waals surface area contributed by atoms with E-state index in [1.54, 1.807) is 0 Å². The number of aliphatic hydroxyl groups is 1. The zero-order chi connectivity index (χ0) is 12.8. The van der Waals surface area contributed by atoms with Gasteiger partial charge >= 0.3 is 0 Å². The third kappa shape index (κ3) is 1.73. The van der Waals surface area contributed by atoms with E-state index in [1.807, 2.05) is 0 Å². The van der Waals surface area contributed by atoms with Gasteiger partial charge in [-0.3, -0.25) is 0 Å². The molecule has 3 N–H and O–H groups in total. The minimum absolute atomic E-state index is 0.0329. The van der Waals surface area contributed by atoms with Crippen LogP contribution in [0.3, 0.4) is 0 Å². The number of aliphatic hydroxyl groups excluding tert-OH is 1. The van der Waals surface area contributed by atoms with E-state index in [1.165, 1.54) is 29.7 Å². The fourth-order valence-corrected chi connectivity index (χ4v) is 3.31. The van der Waals surface area contributed by atoms with Gasteiger partial charge < -0.3 is 15.7 Å². The van der Waals surface area contributed by atoms with Crippen LogP contribution in [-0.4, -0.2) is 31.9 Å². The van der Waals surface area contributed by atoms with Crippen LogP contribution >= 0.6 is 0 Å². The third-order valence-corrected chi connectivity index (χ3v) is 4.77. The largest absolute Gasteiger partial charge is 0.396 e. The highest BCUT2D eigenvalue weighted by Gasteiger charge is 2.53. The molecule has 0 spiro atoms. The van der Waals surface area contributed by atoms with Crippen LogP contribution < -0.4 is 10.6 Å². The fourth-order valence-electron chi connectivity index (χ4n) is 3.31. The van der Waals surface area contributed by atoms with Crippen LogP contribution in [0, 0.1) is 5.41 Å². The summed E-state index contributed by atoms with van der Waals surface area (Å²) in [7, 11) is 2.16. The number of nitrogens with two attached hydrogens (primary N) is 1. The van der Waals surface area contributed by atoms with Gasteiger partial charge in [0.15, 0.2) is 0 Å². The highest BCUT2D eigenvalue weighted by molar-refractivity contribution is 5.57. The first-order valence-corrected chi connectivity index (χ1v) is 6.85. The predicted molar refractivity (Wildman–Crippen MR) is 74.0 cm³/mol. The second-order valence-electron chi connectivity index (χ2n) is 5.89. The van der Waals surface area contributed by atoms with Crippen LogP contribution in [0.4, 0.5) is 5.69 Å². The van der Waals surface area contributed by atoms with Gasteiger partial charge in [0.1, 0.15) is 0 Å². The molecule has 0 aromatic heterocycles. The van der Waals surface area contributed by atoms with Crippen molar-refractivity contribution in [3.05, 3.63) is 29.3 Å². The summed E-state index contributed by atoms with van der Waals surface area (Å²) in [6.45, 7) is 1.95. The molecule has 0 bridgehead atoms. The van der Waals surface area contributed by atoms with Crippen LogP contribution in [0.25, 0.3) is 0 Å². The van der Waals surface area contributed by atoms with Gasteiger partial charge in [0.2, 0.25) is 0 Å². The summed E-state index contributed by atoms with van der Waals surface area (Å²) in [5.41, 5.74) is 9.95. The highest BCUT2D eigenvalue weighted by Crippen LogP contribution is 2.58. The van der Waals surface area contributed by atoms with E-state index >= 15 is 0 Å². The van der Waals surface area contributed by atoms with E-state index < -0.39 is 0 Å². The zero-order valence-electron chi connectivity index (χ0n) is 11.0. The second-order valence-corrected chi connectivity index (χ2v) is 5.89. The van der Waals surface area contributed by atoms with E-state index in [9.17, 15) is 5.11 Å². The molecule has 2 unspecified atom stereocenters. The lowest BCUT2D eigenvalue weighted by Gasteiger charge is -2.28. The molecule has 2 atom stereocenters. The third-order valence-electron chi connectivity index (χ3n) is 4.77. The molecule has 1 aliphatic carbocycles. The molecule has 1 saturated carbocycles. The summed E-state index contributed by atoms with van der Waals surface area (Å²) in [4.78, 5) is 2.33. The molecule has 0 saturated heterocycles. The topological polar surface area (TPSA) is 49.5 Å². The Morgan fingerprint density at radius 3 is 3.00 bits per heavy atom. The van der Waals surface area contributed by atoms with Crippen LogP contribution in [0.1, 0.15) is 29.9 Å². The summed E-state index contributed by atoms with van der Waals surface area (Å²) in [5.74, 6) is 0.463. The molecular formula is C15H22N2O. The predicted octanol–water partition coefficient (Wildman–Crippen LogP) is 1.49. The van der Waals surface area contributed by atoms with E-state index in [4.69, 9.17) is 5.73 Å². The number of nitrogens with zero attached hydrogens (tertiary/aromatic N) is 1. The molecule has 1 aromatic carbocycles. The molecule has 3 nitrogen and oxygen atoms in total. The van der Waals surface area contributed by atoms with Crippen molar-refractivity contribution >= 4 is 5.69 Å². The minimum atomic E-state index is -0.0329. The number of rotatable bonds is 3. The standard InChI is InChI=1S/C15H22N2O/c1-17-6-2-3-12-7-11(4-5-14(12)17)13-8-15(13,9-16)10-18/h4-5,7,13,18H,2-3,6,8-10,16H2,1H3. The van der Waals surface area contributed by atoms with Gasteiger partial charge in [0.05, 0.1) is 6.61 Å². The number of anilines is 1. The number of aryl methyl sites for hydroxylation is 1. The molecule has 1 heterocycles. The van der Waals surface area contributed by atoms with Gasteiger partial charge in [0, 0.05) is 31.2 Å². The lowest BCUT2D eigenvalue weighted by molar-refractivity contribution is 0.211. The summed E-state index contributed by atoms with van der Waals surface area (Å²) < 4.78 is 0. The smallest absolute Gasteiger partial charge is 0.0505 e. The van der Waals surface area contributed by atoms with Crippen molar-refractivity contribution in [2.45, 2.75) is 25.2 Å². The lowest BCUT2D eigenvalue weighted by Crippen LogP contribution is -2.25. The van der Waals surface area contributed by atoms with Gasteiger partial charge in [0.25, 0.3) is 0 Å². The monoisotopic (exact) mass is 246 g/mol. The molecule has 98 valence electrons. The van der Waals surface area contributed by atoms with Crippen molar-refractivity contribution in [2.75, 3.05) is 31.6 Å². The first-order chi connectivity index (χ1) is 8.70. The maximum atomic E-state index is 9.48. The maximum absolute atomic E-state index is 9.48. The number of hydrogen-bond acceptors (Lipinski definition) is 3. The highest BCUT2D eigenvalue weighted by atomic mass is 16.3. The Balaban J connectivity index is 1.88. The average Bonchev–Trinajstić information content (AvgIpc) is 3.14. The molecule has 1 fully saturated rings. The van der Waals surface area contributed by atoms with Crippen molar-refractivity contribution in [1.29, 1.82) is 0 Å². The number of fused-ring (bicyclic) bond motifs is 1. The number of benzene rings is 1. The molecule has 0 amide bonds. The minimum Gasteiger partial charge on any atom is -0.396 e. The summed E-state index contributed by atoms with van der Waals surface area (Å²) in [5, 5.41) is 9.48. The van der Waals surface area contributed by atoms with E-state index in [-0.39, 0.29) is 12.0 Å². The van der Waals surface area contributed by atoms with E-state index in [2.05, 4.69) is 30.1 Å². The molecule has 3 rings (SSSR count). The van der Waals surface area contributed by atoms with Crippen LogP contribution in [0.5, 0.6) is 0 Å². The van der Waals surface area contributed by atoms with Gasteiger partial charge in [-0.1, -0.05) is 12.1 Å². The molecule has 0 radical (unpaired) electrons. The summed E-state index contributed by atoms with van der Waals surface area (Å²) >= 11 is 0. The van der Waals surface area contributed by atoms with E-state index in [0.717, 1.165) is 13.0 Å².